The van der Waals surface area contributed by atoms with Gasteiger partial charge in [-0.1, -0.05) is 35.3 Å². The van der Waals surface area contributed by atoms with Gasteiger partial charge in [0, 0.05) is 16.6 Å². The van der Waals surface area contributed by atoms with Gasteiger partial charge >= 0.3 is 0 Å². The lowest BCUT2D eigenvalue weighted by Gasteiger charge is -2.10. The smallest absolute Gasteiger partial charge is 0.170 e. The fraction of sp³-hybridized carbons (Fsp3) is 0. The molecule has 0 atom stereocenters. The molecule has 0 unspecified atom stereocenters. The monoisotopic (exact) mass is 332 g/mol. The van der Waals surface area contributed by atoms with Crippen molar-refractivity contribution in [2.45, 2.75) is 0 Å². The Labute approximate surface area is 117 Å². The van der Waals surface area contributed by atoms with Gasteiger partial charge < -0.3 is 9.84 Å². The second kappa shape index (κ2) is 5.17. The zero-order valence-electron chi connectivity index (χ0n) is 8.45. The van der Waals surface area contributed by atoms with Crippen LogP contribution in [0, 0.1) is 0 Å². The van der Waals surface area contributed by atoms with Crippen molar-refractivity contribution in [1.29, 1.82) is 0 Å². The second-order valence-corrected chi connectivity index (χ2v) is 4.94. The van der Waals surface area contributed by atoms with Crippen molar-refractivity contribution >= 4 is 39.1 Å². The molecule has 0 bridgehead atoms. The molecule has 0 aromatic heterocycles. The minimum atomic E-state index is -0.0434. The Balaban J connectivity index is 2.37. The molecular weight excluding hydrogens is 327 g/mol. The van der Waals surface area contributed by atoms with Gasteiger partial charge in [-0.3, -0.25) is 0 Å². The second-order valence-electron chi connectivity index (χ2n) is 3.27. The normalized spacial score (nSPS) is 10.3. The zero-order valence-corrected chi connectivity index (χ0v) is 11.6. The molecule has 0 aliphatic carbocycles. The number of hydrogen-bond donors (Lipinski definition) is 1. The Morgan fingerprint density at radius 1 is 1.00 bits per heavy atom. The lowest BCUT2D eigenvalue weighted by Crippen LogP contribution is -1.86. The van der Waals surface area contributed by atoms with Crippen molar-refractivity contribution in [3.63, 3.8) is 0 Å². The van der Waals surface area contributed by atoms with Crippen LogP contribution in [0.1, 0.15) is 0 Å². The Morgan fingerprint density at radius 2 is 1.71 bits per heavy atom. The van der Waals surface area contributed by atoms with Crippen molar-refractivity contribution in [3.05, 3.63) is 50.9 Å². The van der Waals surface area contributed by atoms with E-state index in [1.165, 1.54) is 6.07 Å². The van der Waals surface area contributed by atoms with Crippen LogP contribution in [0.3, 0.4) is 0 Å². The van der Waals surface area contributed by atoms with Crippen LogP contribution in [0.25, 0.3) is 0 Å². The predicted molar refractivity (Wildman–Crippen MR) is 72.3 cm³/mol. The highest BCUT2D eigenvalue weighted by Crippen LogP contribution is 2.39. The molecule has 0 heterocycles. The molecule has 0 amide bonds. The Bertz CT molecular complexity index is 558. The highest BCUT2D eigenvalue weighted by Gasteiger charge is 2.10. The maximum absolute atomic E-state index is 9.69. The lowest BCUT2D eigenvalue weighted by atomic mass is 10.3. The first-order valence-electron chi connectivity index (χ1n) is 4.68. The van der Waals surface area contributed by atoms with Crippen LogP contribution in [-0.4, -0.2) is 5.11 Å². The summed E-state index contributed by atoms with van der Waals surface area (Å²) in [5.41, 5.74) is 0. The van der Waals surface area contributed by atoms with Crippen LogP contribution >= 0.6 is 39.1 Å². The molecule has 0 aliphatic heterocycles. The van der Waals surface area contributed by atoms with E-state index in [0.29, 0.717) is 20.3 Å². The number of phenolic OH excluding ortho intramolecular Hbond substituents is 1. The van der Waals surface area contributed by atoms with Crippen LogP contribution in [-0.2, 0) is 0 Å². The third-order valence-corrected chi connectivity index (χ3v) is 3.57. The van der Waals surface area contributed by atoms with Crippen LogP contribution in [0.4, 0.5) is 0 Å². The number of rotatable bonds is 2. The van der Waals surface area contributed by atoms with E-state index < -0.39 is 0 Å². The average molecular weight is 334 g/mol. The van der Waals surface area contributed by atoms with Gasteiger partial charge in [0.1, 0.15) is 5.75 Å². The van der Waals surface area contributed by atoms with Crippen molar-refractivity contribution in [3.8, 4) is 17.2 Å². The number of halogens is 3. The van der Waals surface area contributed by atoms with E-state index >= 15 is 0 Å². The first-order valence-corrected chi connectivity index (χ1v) is 6.23. The largest absolute Gasteiger partial charge is 0.504 e. The SMILES string of the molecule is Oc1cc(Cl)c(Br)cc1Oc1ccccc1Cl. The summed E-state index contributed by atoms with van der Waals surface area (Å²) in [7, 11) is 0. The van der Waals surface area contributed by atoms with Crippen LogP contribution in [0.15, 0.2) is 40.9 Å². The maximum Gasteiger partial charge on any atom is 0.170 e. The quantitative estimate of drug-likeness (QED) is 0.812. The first-order chi connectivity index (χ1) is 8.08. The maximum atomic E-state index is 9.69. The van der Waals surface area contributed by atoms with E-state index in [9.17, 15) is 5.11 Å². The molecule has 2 rings (SSSR count). The van der Waals surface area contributed by atoms with E-state index in [1.807, 2.05) is 0 Å². The topological polar surface area (TPSA) is 29.5 Å². The zero-order chi connectivity index (χ0) is 12.4. The molecule has 0 saturated heterocycles. The average Bonchev–Trinajstić information content (AvgIpc) is 2.29. The van der Waals surface area contributed by atoms with Crippen molar-refractivity contribution in [2.24, 2.45) is 0 Å². The van der Waals surface area contributed by atoms with Gasteiger partial charge in [-0.05, 0) is 28.1 Å². The van der Waals surface area contributed by atoms with Gasteiger partial charge in [0.2, 0.25) is 0 Å². The summed E-state index contributed by atoms with van der Waals surface area (Å²) in [4.78, 5) is 0. The molecule has 1 N–H and O–H groups in total. The van der Waals surface area contributed by atoms with E-state index in [4.69, 9.17) is 27.9 Å². The highest BCUT2D eigenvalue weighted by molar-refractivity contribution is 9.10. The molecule has 0 radical (unpaired) electrons. The fourth-order valence-electron chi connectivity index (χ4n) is 1.25. The predicted octanol–water partition coefficient (Wildman–Crippen LogP) is 5.25. The molecule has 0 aliphatic rings. The Hall–Kier alpha value is -0.900. The molecule has 0 spiro atoms. The molecule has 88 valence electrons. The van der Waals surface area contributed by atoms with E-state index in [-0.39, 0.29) is 11.5 Å². The van der Waals surface area contributed by atoms with Crippen LogP contribution in [0.2, 0.25) is 10.0 Å². The van der Waals surface area contributed by atoms with Gasteiger partial charge in [-0.25, -0.2) is 0 Å². The molecule has 0 saturated carbocycles. The summed E-state index contributed by atoms with van der Waals surface area (Å²) in [6.45, 7) is 0. The Morgan fingerprint density at radius 3 is 2.41 bits per heavy atom. The molecule has 5 heteroatoms. The minimum absolute atomic E-state index is 0.0434. The van der Waals surface area contributed by atoms with Crippen molar-refractivity contribution < 1.29 is 9.84 Å². The summed E-state index contributed by atoms with van der Waals surface area (Å²) in [5, 5.41) is 10.6. The molecule has 2 nitrogen and oxygen atoms in total. The lowest BCUT2D eigenvalue weighted by molar-refractivity contribution is 0.411. The number of benzene rings is 2. The number of aromatic hydroxyl groups is 1. The summed E-state index contributed by atoms with van der Waals surface area (Å²) < 4.78 is 6.14. The van der Waals surface area contributed by atoms with Gasteiger partial charge in [-0.2, -0.15) is 0 Å². The van der Waals surface area contributed by atoms with Gasteiger partial charge in [-0.15, -0.1) is 0 Å². The molecule has 2 aromatic carbocycles. The summed E-state index contributed by atoms with van der Waals surface area (Å²) in [6, 6.07) is 10.00. The van der Waals surface area contributed by atoms with E-state index in [2.05, 4.69) is 15.9 Å². The van der Waals surface area contributed by atoms with Crippen molar-refractivity contribution in [1.82, 2.24) is 0 Å². The summed E-state index contributed by atoms with van der Waals surface area (Å²) in [5.74, 6) is 0.714. The van der Waals surface area contributed by atoms with Crippen LogP contribution in [0.5, 0.6) is 17.2 Å². The third kappa shape index (κ3) is 2.86. The van der Waals surface area contributed by atoms with Gasteiger partial charge in [0.15, 0.2) is 11.5 Å². The van der Waals surface area contributed by atoms with E-state index in [0.717, 1.165) is 0 Å². The molecule has 2 aromatic rings. The number of hydrogen-bond acceptors (Lipinski definition) is 2. The van der Waals surface area contributed by atoms with Gasteiger partial charge in [0.25, 0.3) is 0 Å². The number of para-hydroxylation sites is 1. The first kappa shape index (κ1) is 12.6. The van der Waals surface area contributed by atoms with Gasteiger partial charge in [0.05, 0.1) is 10.0 Å². The van der Waals surface area contributed by atoms with E-state index in [1.54, 1.807) is 30.3 Å². The third-order valence-electron chi connectivity index (χ3n) is 2.06. The number of ether oxygens (including phenoxy) is 1. The Kier molecular flexibility index (Phi) is 3.82. The van der Waals surface area contributed by atoms with Crippen molar-refractivity contribution in [2.75, 3.05) is 0 Å². The molecule has 0 fully saturated rings. The standard InChI is InChI=1S/C12H7BrCl2O2/c13-7-5-12(10(16)6-9(7)15)17-11-4-2-1-3-8(11)14/h1-6,16H. The number of phenols is 1. The fourth-order valence-corrected chi connectivity index (χ4v) is 1.90. The summed E-state index contributed by atoms with van der Waals surface area (Å²) in [6.07, 6.45) is 0. The highest BCUT2D eigenvalue weighted by atomic mass is 79.9. The molecule has 17 heavy (non-hydrogen) atoms. The minimum Gasteiger partial charge on any atom is -0.504 e. The molecular formula is C12H7BrCl2O2. The van der Waals surface area contributed by atoms with Crippen LogP contribution < -0.4 is 4.74 Å². The summed E-state index contributed by atoms with van der Waals surface area (Å²) >= 11 is 15.0.